The summed E-state index contributed by atoms with van der Waals surface area (Å²) in [5.74, 6) is 0.727. The molecule has 1 fully saturated rings. The predicted octanol–water partition coefficient (Wildman–Crippen LogP) is 2.47. The molecule has 2 rings (SSSR count). The highest BCUT2D eigenvalue weighted by molar-refractivity contribution is 5.55. The first-order valence-corrected chi connectivity index (χ1v) is 5.24. The number of nitriles is 1. The fourth-order valence-electron chi connectivity index (χ4n) is 1.52. The van der Waals surface area contributed by atoms with Crippen molar-refractivity contribution in [3.8, 4) is 6.07 Å². The lowest BCUT2D eigenvalue weighted by Gasteiger charge is -2.12. The van der Waals surface area contributed by atoms with Crippen LogP contribution < -0.4 is 5.32 Å². The molecule has 3 heteroatoms. The van der Waals surface area contributed by atoms with Gasteiger partial charge in [-0.1, -0.05) is 6.92 Å². The van der Waals surface area contributed by atoms with E-state index in [2.05, 4.69) is 23.3 Å². The van der Waals surface area contributed by atoms with Crippen LogP contribution in [0.1, 0.15) is 30.9 Å². The smallest absolute Gasteiger partial charge is 0.144 e. The number of hydrogen-bond acceptors (Lipinski definition) is 3. The van der Waals surface area contributed by atoms with Crippen LogP contribution in [0.25, 0.3) is 0 Å². The second-order valence-corrected chi connectivity index (χ2v) is 4.63. The molecule has 0 unspecified atom stereocenters. The van der Waals surface area contributed by atoms with Crippen LogP contribution in [0.15, 0.2) is 12.3 Å². The molecule has 1 saturated carbocycles. The van der Waals surface area contributed by atoms with Gasteiger partial charge >= 0.3 is 0 Å². The Balaban J connectivity index is 2.14. The Morgan fingerprint density at radius 3 is 2.93 bits per heavy atom. The first-order chi connectivity index (χ1) is 7.14. The standard InChI is InChI=1S/C12H15N3/c1-9-3-6-14-11(10(9)7-13)15-8-12(2)4-5-12/h3,6H,4-5,8H2,1-2H3,(H,14,15). The molecule has 15 heavy (non-hydrogen) atoms. The fraction of sp³-hybridized carbons (Fsp3) is 0.500. The number of anilines is 1. The van der Waals surface area contributed by atoms with Crippen molar-refractivity contribution in [3.63, 3.8) is 0 Å². The van der Waals surface area contributed by atoms with E-state index < -0.39 is 0 Å². The highest BCUT2D eigenvalue weighted by Gasteiger charge is 2.36. The van der Waals surface area contributed by atoms with Crippen LogP contribution >= 0.6 is 0 Å². The molecule has 1 aromatic rings. The van der Waals surface area contributed by atoms with Crippen molar-refractivity contribution in [2.75, 3.05) is 11.9 Å². The maximum Gasteiger partial charge on any atom is 0.144 e. The van der Waals surface area contributed by atoms with Gasteiger partial charge in [0.2, 0.25) is 0 Å². The molecule has 1 aliphatic rings. The van der Waals surface area contributed by atoms with Gasteiger partial charge in [0.25, 0.3) is 0 Å². The molecule has 0 saturated heterocycles. The van der Waals surface area contributed by atoms with Crippen molar-refractivity contribution >= 4 is 5.82 Å². The van der Waals surface area contributed by atoms with Crippen LogP contribution in [0.4, 0.5) is 5.82 Å². The van der Waals surface area contributed by atoms with Crippen molar-refractivity contribution in [1.29, 1.82) is 5.26 Å². The number of aryl methyl sites for hydroxylation is 1. The number of nitrogens with one attached hydrogen (secondary N) is 1. The van der Waals surface area contributed by atoms with Crippen molar-refractivity contribution in [1.82, 2.24) is 4.98 Å². The van der Waals surface area contributed by atoms with Crippen LogP contribution in [-0.4, -0.2) is 11.5 Å². The number of aromatic nitrogens is 1. The van der Waals surface area contributed by atoms with Gasteiger partial charge in [0.1, 0.15) is 11.9 Å². The van der Waals surface area contributed by atoms with Crippen LogP contribution in [-0.2, 0) is 0 Å². The average molecular weight is 201 g/mol. The summed E-state index contributed by atoms with van der Waals surface area (Å²) in [6, 6.07) is 4.06. The van der Waals surface area contributed by atoms with Gasteiger partial charge in [0, 0.05) is 12.7 Å². The van der Waals surface area contributed by atoms with Crippen LogP contribution in [0.5, 0.6) is 0 Å². The van der Waals surface area contributed by atoms with E-state index >= 15 is 0 Å². The summed E-state index contributed by atoms with van der Waals surface area (Å²) < 4.78 is 0. The molecule has 0 spiro atoms. The van der Waals surface area contributed by atoms with Gasteiger partial charge in [-0.05, 0) is 36.8 Å². The number of hydrogen-bond donors (Lipinski definition) is 1. The van der Waals surface area contributed by atoms with Crippen molar-refractivity contribution in [2.45, 2.75) is 26.7 Å². The minimum atomic E-state index is 0.429. The first-order valence-electron chi connectivity index (χ1n) is 5.24. The molecule has 0 radical (unpaired) electrons. The Morgan fingerprint density at radius 1 is 1.60 bits per heavy atom. The lowest BCUT2D eigenvalue weighted by Crippen LogP contribution is -2.13. The Bertz CT molecular complexity index is 413. The maximum atomic E-state index is 9.01. The Hall–Kier alpha value is -1.56. The van der Waals surface area contributed by atoms with Crippen molar-refractivity contribution in [3.05, 3.63) is 23.4 Å². The molecule has 0 amide bonds. The van der Waals surface area contributed by atoms with E-state index in [9.17, 15) is 0 Å². The van der Waals surface area contributed by atoms with Gasteiger partial charge in [0.05, 0.1) is 5.56 Å². The second-order valence-electron chi connectivity index (χ2n) is 4.63. The molecule has 1 aliphatic carbocycles. The predicted molar refractivity (Wildman–Crippen MR) is 59.5 cm³/mol. The highest BCUT2D eigenvalue weighted by atomic mass is 15.0. The number of pyridine rings is 1. The quantitative estimate of drug-likeness (QED) is 0.817. The van der Waals surface area contributed by atoms with Crippen molar-refractivity contribution < 1.29 is 0 Å². The largest absolute Gasteiger partial charge is 0.368 e. The topological polar surface area (TPSA) is 48.7 Å². The van der Waals surface area contributed by atoms with E-state index in [1.807, 2.05) is 13.0 Å². The van der Waals surface area contributed by atoms with Gasteiger partial charge in [0.15, 0.2) is 0 Å². The summed E-state index contributed by atoms with van der Waals surface area (Å²) >= 11 is 0. The van der Waals surface area contributed by atoms with Gasteiger partial charge in [-0.15, -0.1) is 0 Å². The van der Waals surface area contributed by atoms with Crippen molar-refractivity contribution in [2.24, 2.45) is 5.41 Å². The molecule has 1 aromatic heterocycles. The van der Waals surface area contributed by atoms with Gasteiger partial charge in [-0.2, -0.15) is 5.26 Å². The number of rotatable bonds is 3. The second kappa shape index (κ2) is 3.54. The molecule has 0 aliphatic heterocycles. The third kappa shape index (κ3) is 2.10. The van der Waals surface area contributed by atoms with E-state index in [1.54, 1.807) is 6.20 Å². The van der Waals surface area contributed by atoms with Crippen LogP contribution in [0.3, 0.4) is 0 Å². The van der Waals surface area contributed by atoms with Crippen LogP contribution in [0, 0.1) is 23.7 Å². The van der Waals surface area contributed by atoms with E-state index in [-0.39, 0.29) is 0 Å². The van der Waals surface area contributed by atoms with E-state index in [0.717, 1.165) is 17.9 Å². The zero-order chi connectivity index (χ0) is 10.9. The summed E-state index contributed by atoms with van der Waals surface area (Å²) in [5.41, 5.74) is 2.08. The lowest BCUT2D eigenvalue weighted by molar-refractivity contribution is 0.609. The zero-order valence-electron chi connectivity index (χ0n) is 9.17. The van der Waals surface area contributed by atoms with E-state index in [1.165, 1.54) is 12.8 Å². The summed E-state index contributed by atoms with van der Waals surface area (Å²) in [7, 11) is 0. The maximum absolute atomic E-state index is 9.01. The molecule has 0 bridgehead atoms. The summed E-state index contributed by atoms with van der Waals surface area (Å²) in [4.78, 5) is 4.21. The Labute approximate surface area is 90.1 Å². The monoisotopic (exact) mass is 201 g/mol. The molecule has 0 atom stereocenters. The van der Waals surface area contributed by atoms with Crippen LogP contribution in [0.2, 0.25) is 0 Å². The fourth-order valence-corrected chi connectivity index (χ4v) is 1.52. The number of nitrogens with zero attached hydrogens (tertiary/aromatic N) is 2. The Kier molecular flexibility index (Phi) is 2.36. The summed E-state index contributed by atoms with van der Waals surface area (Å²) in [6.45, 7) is 5.10. The molecule has 0 aromatic carbocycles. The minimum absolute atomic E-state index is 0.429. The first kappa shape index (κ1) is 9.97. The Morgan fingerprint density at radius 2 is 2.33 bits per heavy atom. The highest BCUT2D eigenvalue weighted by Crippen LogP contribution is 2.44. The third-order valence-corrected chi connectivity index (χ3v) is 3.06. The van der Waals surface area contributed by atoms with Gasteiger partial charge < -0.3 is 5.32 Å². The van der Waals surface area contributed by atoms with E-state index in [0.29, 0.717) is 11.0 Å². The third-order valence-electron chi connectivity index (χ3n) is 3.06. The molecule has 1 N–H and O–H groups in total. The molecule has 78 valence electrons. The summed E-state index contributed by atoms with van der Waals surface area (Å²) in [5, 5.41) is 12.3. The summed E-state index contributed by atoms with van der Waals surface area (Å²) in [6.07, 6.45) is 4.29. The molecule has 3 nitrogen and oxygen atoms in total. The van der Waals surface area contributed by atoms with Gasteiger partial charge in [-0.3, -0.25) is 0 Å². The molecule has 1 heterocycles. The lowest BCUT2D eigenvalue weighted by atomic mass is 10.1. The molecular formula is C12H15N3. The van der Waals surface area contributed by atoms with E-state index in [4.69, 9.17) is 5.26 Å². The molecular weight excluding hydrogens is 186 g/mol. The normalized spacial score (nSPS) is 16.9. The minimum Gasteiger partial charge on any atom is -0.368 e. The SMILES string of the molecule is Cc1ccnc(NCC2(C)CC2)c1C#N. The zero-order valence-corrected chi connectivity index (χ0v) is 9.17. The average Bonchev–Trinajstić information content (AvgIpc) is 2.94. The van der Waals surface area contributed by atoms with Gasteiger partial charge in [-0.25, -0.2) is 4.98 Å².